The molecular weight excluding hydrogens is 393 g/mol. The van der Waals surface area contributed by atoms with Crippen LogP contribution in [0.1, 0.15) is 12.5 Å². The van der Waals surface area contributed by atoms with Crippen LogP contribution >= 0.6 is 35.0 Å². The lowest BCUT2D eigenvalue weighted by Crippen LogP contribution is -2.23. The van der Waals surface area contributed by atoms with Gasteiger partial charge in [0.2, 0.25) is 11.1 Å². The number of nitrogens with one attached hydrogen (secondary N) is 1. The Balaban J connectivity index is 1.74. The average molecular weight is 408 g/mol. The van der Waals surface area contributed by atoms with Crippen molar-refractivity contribution in [3.8, 4) is 5.69 Å². The molecule has 1 N–H and O–H groups in total. The van der Waals surface area contributed by atoms with Crippen LogP contribution in [0.4, 0.5) is 5.69 Å². The number of benzene rings is 2. The molecule has 3 aromatic rings. The van der Waals surface area contributed by atoms with Crippen molar-refractivity contribution in [2.75, 3.05) is 5.32 Å². The van der Waals surface area contributed by atoms with E-state index in [1.54, 1.807) is 29.8 Å². The average Bonchev–Trinajstić information content (AvgIpc) is 3.05. The summed E-state index contributed by atoms with van der Waals surface area (Å²) in [5.74, 6) is -0.210. The predicted molar refractivity (Wildman–Crippen MR) is 104 cm³/mol. The quantitative estimate of drug-likeness (QED) is 0.634. The number of carbonyl (C=O) groups excluding carboxylic acids is 1. The van der Waals surface area contributed by atoms with Gasteiger partial charge in [-0.15, -0.1) is 5.10 Å². The van der Waals surface area contributed by atoms with Gasteiger partial charge in [-0.05, 0) is 54.1 Å². The molecule has 1 aromatic heterocycles. The first-order valence-corrected chi connectivity index (χ1v) is 9.36. The molecule has 0 aliphatic rings. The van der Waals surface area contributed by atoms with Crippen LogP contribution in [0, 0.1) is 6.92 Å². The van der Waals surface area contributed by atoms with Gasteiger partial charge in [-0.25, -0.2) is 0 Å². The number of para-hydroxylation sites is 1. The summed E-state index contributed by atoms with van der Waals surface area (Å²) in [4.78, 5) is 12.5. The van der Waals surface area contributed by atoms with Gasteiger partial charge in [0.1, 0.15) is 0 Å². The monoisotopic (exact) mass is 407 g/mol. The molecule has 1 heterocycles. The van der Waals surface area contributed by atoms with Crippen LogP contribution in [0.25, 0.3) is 5.69 Å². The van der Waals surface area contributed by atoms with E-state index in [1.807, 2.05) is 31.2 Å². The first kappa shape index (κ1) is 18.7. The highest BCUT2D eigenvalue weighted by Crippen LogP contribution is 2.28. The fraction of sp³-hybridized carbons (Fsp3) is 0.176. The predicted octanol–water partition coefficient (Wildman–Crippen LogP) is 4.40. The Bertz CT molecular complexity index is 946. The number of tetrazole rings is 1. The van der Waals surface area contributed by atoms with Crippen LogP contribution in [-0.4, -0.2) is 31.4 Å². The van der Waals surface area contributed by atoms with E-state index in [4.69, 9.17) is 23.2 Å². The summed E-state index contributed by atoms with van der Waals surface area (Å²) >= 11 is 13.2. The third-order valence-electron chi connectivity index (χ3n) is 3.62. The van der Waals surface area contributed by atoms with Gasteiger partial charge in [0.15, 0.2) is 0 Å². The highest BCUT2D eigenvalue weighted by molar-refractivity contribution is 8.00. The van der Waals surface area contributed by atoms with Crippen molar-refractivity contribution < 1.29 is 4.79 Å². The van der Waals surface area contributed by atoms with Gasteiger partial charge in [0, 0.05) is 5.02 Å². The van der Waals surface area contributed by atoms with Crippen molar-refractivity contribution in [3.63, 3.8) is 0 Å². The number of nitrogens with zero attached hydrogens (tertiary/aromatic N) is 4. The van der Waals surface area contributed by atoms with Crippen LogP contribution in [-0.2, 0) is 4.79 Å². The number of rotatable bonds is 5. The van der Waals surface area contributed by atoms with E-state index in [-0.39, 0.29) is 5.91 Å². The summed E-state index contributed by atoms with van der Waals surface area (Å²) in [6.07, 6.45) is 0. The SMILES string of the molecule is Cc1ccccc1-n1nnnc1SC(C)C(=O)Nc1ccc(Cl)cc1Cl. The van der Waals surface area contributed by atoms with Crippen molar-refractivity contribution in [1.29, 1.82) is 0 Å². The van der Waals surface area contributed by atoms with Crippen LogP contribution < -0.4 is 5.32 Å². The molecule has 1 atom stereocenters. The number of anilines is 1. The van der Waals surface area contributed by atoms with Gasteiger partial charge >= 0.3 is 0 Å². The molecule has 9 heteroatoms. The number of amides is 1. The number of aryl methyl sites for hydroxylation is 1. The molecule has 0 radical (unpaired) electrons. The molecule has 2 aromatic carbocycles. The normalized spacial score (nSPS) is 12.0. The largest absolute Gasteiger partial charge is 0.324 e. The number of thioether (sulfide) groups is 1. The van der Waals surface area contributed by atoms with Gasteiger partial charge in [0.25, 0.3) is 0 Å². The smallest absolute Gasteiger partial charge is 0.237 e. The van der Waals surface area contributed by atoms with Gasteiger partial charge in [-0.2, -0.15) is 4.68 Å². The number of aromatic nitrogens is 4. The number of carbonyl (C=O) groups is 1. The van der Waals surface area contributed by atoms with E-state index in [0.717, 1.165) is 11.3 Å². The van der Waals surface area contributed by atoms with Crippen LogP contribution in [0.2, 0.25) is 10.0 Å². The Kier molecular flexibility index (Phi) is 5.80. The number of hydrogen-bond donors (Lipinski definition) is 1. The third-order valence-corrected chi connectivity index (χ3v) is 5.21. The molecule has 1 unspecified atom stereocenters. The molecule has 6 nitrogen and oxygen atoms in total. The second-order valence-electron chi connectivity index (χ2n) is 5.53. The molecule has 0 fully saturated rings. The maximum atomic E-state index is 12.5. The maximum absolute atomic E-state index is 12.5. The van der Waals surface area contributed by atoms with Crippen molar-refractivity contribution >= 4 is 46.6 Å². The minimum Gasteiger partial charge on any atom is -0.324 e. The molecule has 26 heavy (non-hydrogen) atoms. The standard InChI is InChI=1S/C17H15Cl2N5OS/c1-10-5-3-4-6-15(10)24-17(21-22-23-24)26-11(2)16(25)20-14-8-7-12(18)9-13(14)19/h3-9,11H,1-2H3,(H,20,25). The summed E-state index contributed by atoms with van der Waals surface area (Å²) in [5, 5.41) is 15.6. The van der Waals surface area contributed by atoms with E-state index in [9.17, 15) is 4.79 Å². The van der Waals surface area contributed by atoms with Crippen molar-refractivity contribution in [2.45, 2.75) is 24.3 Å². The summed E-state index contributed by atoms with van der Waals surface area (Å²) in [7, 11) is 0. The summed E-state index contributed by atoms with van der Waals surface area (Å²) < 4.78 is 1.62. The Morgan fingerprint density at radius 1 is 1.23 bits per heavy atom. The van der Waals surface area contributed by atoms with E-state index < -0.39 is 5.25 Å². The molecule has 134 valence electrons. The third kappa shape index (κ3) is 4.17. The molecule has 0 saturated carbocycles. The molecule has 0 aliphatic heterocycles. The van der Waals surface area contributed by atoms with E-state index in [0.29, 0.717) is 20.9 Å². The Hall–Kier alpha value is -2.09. The van der Waals surface area contributed by atoms with Gasteiger partial charge < -0.3 is 5.32 Å². The van der Waals surface area contributed by atoms with Crippen molar-refractivity contribution in [3.05, 3.63) is 58.1 Å². The van der Waals surface area contributed by atoms with E-state index >= 15 is 0 Å². The summed E-state index contributed by atoms with van der Waals surface area (Å²) in [5.41, 5.74) is 2.41. The van der Waals surface area contributed by atoms with E-state index in [2.05, 4.69) is 20.8 Å². The minimum absolute atomic E-state index is 0.210. The lowest BCUT2D eigenvalue weighted by Gasteiger charge is -2.13. The number of hydrogen-bond acceptors (Lipinski definition) is 5. The molecule has 0 spiro atoms. The zero-order valence-electron chi connectivity index (χ0n) is 14.0. The molecule has 0 aliphatic carbocycles. The minimum atomic E-state index is -0.435. The highest BCUT2D eigenvalue weighted by Gasteiger charge is 2.20. The molecule has 0 bridgehead atoms. The second-order valence-corrected chi connectivity index (χ2v) is 7.68. The summed E-state index contributed by atoms with van der Waals surface area (Å²) in [6.45, 7) is 3.75. The Morgan fingerprint density at radius 2 is 2.00 bits per heavy atom. The highest BCUT2D eigenvalue weighted by atomic mass is 35.5. The zero-order chi connectivity index (χ0) is 18.7. The lowest BCUT2D eigenvalue weighted by atomic mass is 10.2. The summed E-state index contributed by atoms with van der Waals surface area (Å²) in [6, 6.07) is 12.7. The van der Waals surface area contributed by atoms with Crippen molar-refractivity contribution in [1.82, 2.24) is 20.2 Å². The Morgan fingerprint density at radius 3 is 2.73 bits per heavy atom. The van der Waals surface area contributed by atoms with Crippen LogP contribution in [0.3, 0.4) is 0 Å². The molecule has 3 rings (SSSR count). The topological polar surface area (TPSA) is 72.7 Å². The van der Waals surface area contributed by atoms with Crippen molar-refractivity contribution in [2.24, 2.45) is 0 Å². The first-order chi connectivity index (χ1) is 12.5. The van der Waals surface area contributed by atoms with Gasteiger partial charge in [-0.3, -0.25) is 4.79 Å². The van der Waals surface area contributed by atoms with Crippen LogP contribution in [0.5, 0.6) is 0 Å². The number of halogens is 2. The lowest BCUT2D eigenvalue weighted by molar-refractivity contribution is -0.115. The zero-order valence-corrected chi connectivity index (χ0v) is 16.3. The van der Waals surface area contributed by atoms with E-state index in [1.165, 1.54) is 11.8 Å². The second kappa shape index (κ2) is 8.07. The molecule has 0 saturated heterocycles. The maximum Gasteiger partial charge on any atom is 0.237 e. The molecular formula is C17H15Cl2N5OS. The van der Waals surface area contributed by atoms with Gasteiger partial charge in [0.05, 0.1) is 21.6 Å². The first-order valence-electron chi connectivity index (χ1n) is 7.72. The molecule has 1 amide bonds. The Labute approximate surface area is 164 Å². The fourth-order valence-electron chi connectivity index (χ4n) is 2.24. The van der Waals surface area contributed by atoms with Gasteiger partial charge in [-0.1, -0.05) is 53.2 Å². The fourth-order valence-corrected chi connectivity index (χ4v) is 3.50. The van der Waals surface area contributed by atoms with Crippen LogP contribution in [0.15, 0.2) is 47.6 Å².